The van der Waals surface area contributed by atoms with Crippen LogP contribution in [0.3, 0.4) is 0 Å². The summed E-state index contributed by atoms with van der Waals surface area (Å²) in [5, 5.41) is 0. The van der Waals surface area contributed by atoms with Gasteiger partial charge in [-0.1, -0.05) is 6.08 Å². The predicted octanol–water partition coefficient (Wildman–Crippen LogP) is -0.499. The summed E-state index contributed by atoms with van der Waals surface area (Å²) in [5.74, 6) is 0. The largest absolute Gasteiger partial charge is 0.374 e. The Hall–Kier alpha value is -0.560. The summed E-state index contributed by atoms with van der Waals surface area (Å²) in [7, 11) is -7.02. The highest BCUT2D eigenvalue weighted by atomic mass is 32.2. The van der Waals surface area contributed by atoms with Crippen molar-refractivity contribution in [2.45, 2.75) is 6.29 Å². The first-order chi connectivity index (χ1) is 10.1. The van der Waals surface area contributed by atoms with E-state index in [1.54, 1.807) is 0 Å². The van der Waals surface area contributed by atoms with E-state index in [1.807, 2.05) is 0 Å². The van der Waals surface area contributed by atoms with E-state index in [-0.39, 0.29) is 39.6 Å². The van der Waals surface area contributed by atoms with Gasteiger partial charge in [0.1, 0.15) is 0 Å². The van der Waals surface area contributed by atoms with Gasteiger partial charge in [0.2, 0.25) is 0 Å². The van der Waals surface area contributed by atoms with Gasteiger partial charge in [0.25, 0.3) is 20.2 Å². The van der Waals surface area contributed by atoms with Crippen molar-refractivity contribution in [3.8, 4) is 0 Å². The third kappa shape index (κ3) is 15.8. The minimum atomic E-state index is -3.52. The highest BCUT2D eigenvalue weighted by molar-refractivity contribution is 7.86. The second-order valence-electron chi connectivity index (χ2n) is 4.05. The monoisotopic (exact) mass is 362 g/mol. The third-order valence-electron chi connectivity index (χ3n) is 1.86. The van der Waals surface area contributed by atoms with Gasteiger partial charge in [-0.2, -0.15) is 16.8 Å². The van der Waals surface area contributed by atoms with Crippen LogP contribution >= 0.6 is 0 Å². The molecule has 0 bridgehead atoms. The average molecular weight is 362 g/mol. The lowest BCUT2D eigenvalue weighted by molar-refractivity contribution is -0.170. The van der Waals surface area contributed by atoms with Crippen molar-refractivity contribution in [3.63, 3.8) is 0 Å². The van der Waals surface area contributed by atoms with Gasteiger partial charge >= 0.3 is 0 Å². The Morgan fingerprint density at radius 3 is 1.95 bits per heavy atom. The Bertz CT molecular complexity index is 498. The van der Waals surface area contributed by atoms with Crippen LogP contribution in [0.15, 0.2) is 12.7 Å². The van der Waals surface area contributed by atoms with Crippen LogP contribution in [0.25, 0.3) is 0 Å². The van der Waals surface area contributed by atoms with Crippen molar-refractivity contribution >= 4 is 20.2 Å². The molecule has 0 aliphatic carbocycles. The van der Waals surface area contributed by atoms with Crippen molar-refractivity contribution in [1.82, 2.24) is 0 Å². The Morgan fingerprint density at radius 1 is 0.909 bits per heavy atom. The highest BCUT2D eigenvalue weighted by Crippen LogP contribution is 1.99. The summed E-state index contributed by atoms with van der Waals surface area (Å²) in [4.78, 5) is 0. The van der Waals surface area contributed by atoms with E-state index in [1.165, 1.54) is 6.08 Å². The van der Waals surface area contributed by atoms with Gasteiger partial charge in [-0.05, 0) is 0 Å². The molecule has 0 rings (SSSR count). The van der Waals surface area contributed by atoms with Gasteiger partial charge in [0, 0.05) is 0 Å². The van der Waals surface area contributed by atoms with Gasteiger partial charge in [-0.25, -0.2) is 0 Å². The molecule has 0 spiro atoms. The molecule has 22 heavy (non-hydrogen) atoms. The number of rotatable bonds is 14. The van der Waals surface area contributed by atoms with Crippen molar-refractivity contribution in [2.24, 2.45) is 0 Å². The number of hydrogen-bond acceptors (Lipinski definition) is 9. The smallest absolute Gasteiger partial charge is 0.264 e. The van der Waals surface area contributed by atoms with Crippen molar-refractivity contribution in [2.75, 3.05) is 52.2 Å². The predicted molar refractivity (Wildman–Crippen MR) is 78.3 cm³/mol. The molecule has 0 saturated carbocycles. The summed E-state index contributed by atoms with van der Waals surface area (Å²) in [6, 6.07) is 0. The Labute approximate surface area is 131 Å². The maximum atomic E-state index is 10.8. The molecule has 9 nitrogen and oxygen atoms in total. The topological polar surface area (TPSA) is 114 Å². The zero-order valence-corrected chi connectivity index (χ0v) is 14.2. The second-order valence-corrected chi connectivity index (χ2v) is 7.34. The fourth-order valence-electron chi connectivity index (χ4n) is 1.11. The van der Waals surface area contributed by atoms with Crippen LogP contribution < -0.4 is 0 Å². The second kappa shape index (κ2) is 11.0. The van der Waals surface area contributed by atoms with E-state index in [0.29, 0.717) is 0 Å². The molecule has 1 atom stereocenters. The first kappa shape index (κ1) is 21.4. The molecule has 0 aromatic carbocycles. The standard InChI is InChI=1S/C11H22O9S2/c1-4-5-17-11(18-7-9-20-22(3,14)15)10-16-6-8-19-21(2,12)13/h4,11H,1,5-10H2,2-3H3. The Kier molecular flexibility index (Phi) is 10.8. The van der Waals surface area contributed by atoms with Crippen molar-refractivity contribution in [3.05, 3.63) is 12.7 Å². The lowest BCUT2D eigenvalue weighted by atomic mass is 10.6. The molecule has 0 saturated heterocycles. The van der Waals surface area contributed by atoms with E-state index in [0.717, 1.165) is 12.5 Å². The van der Waals surface area contributed by atoms with E-state index in [2.05, 4.69) is 14.9 Å². The van der Waals surface area contributed by atoms with Crippen molar-refractivity contribution in [1.29, 1.82) is 0 Å². The minimum absolute atomic E-state index is 0.0137. The van der Waals surface area contributed by atoms with Crippen LogP contribution in [0.2, 0.25) is 0 Å². The molecule has 0 aromatic heterocycles. The molecular weight excluding hydrogens is 340 g/mol. The maximum Gasteiger partial charge on any atom is 0.264 e. The van der Waals surface area contributed by atoms with Crippen LogP contribution in [0.4, 0.5) is 0 Å². The number of hydrogen-bond donors (Lipinski definition) is 0. The molecule has 0 N–H and O–H groups in total. The first-order valence-electron chi connectivity index (χ1n) is 6.24. The Balaban J connectivity index is 3.94. The van der Waals surface area contributed by atoms with Gasteiger partial charge < -0.3 is 14.2 Å². The molecule has 0 fully saturated rings. The van der Waals surface area contributed by atoms with E-state index in [9.17, 15) is 16.8 Å². The van der Waals surface area contributed by atoms with Crippen LogP contribution in [-0.2, 0) is 42.8 Å². The fourth-order valence-corrected chi connectivity index (χ4v) is 1.85. The van der Waals surface area contributed by atoms with Gasteiger partial charge in [-0.15, -0.1) is 6.58 Å². The van der Waals surface area contributed by atoms with Crippen LogP contribution in [-0.4, -0.2) is 75.3 Å². The summed E-state index contributed by atoms with van der Waals surface area (Å²) in [6.07, 6.45) is 2.62. The van der Waals surface area contributed by atoms with Crippen LogP contribution in [0, 0.1) is 0 Å². The number of ether oxygens (including phenoxy) is 3. The molecule has 0 aliphatic rings. The van der Waals surface area contributed by atoms with E-state index in [4.69, 9.17) is 14.2 Å². The summed E-state index contributed by atoms with van der Waals surface area (Å²) >= 11 is 0. The molecule has 0 aromatic rings. The third-order valence-corrected chi connectivity index (χ3v) is 3.05. The van der Waals surface area contributed by atoms with Crippen LogP contribution in [0.1, 0.15) is 0 Å². The molecule has 132 valence electrons. The zero-order chi connectivity index (χ0) is 17.1. The lowest BCUT2D eigenvalue weighted by Crippen LogP contribution is -2.26. The highest BCUT2D eigenvalue weighted by Gasteiger charge is 2.11. The maximum absolute atomic E-state index is 10.8. The molecule has 0 aliphatic heterocycles. The SMILES string of the molecule is C=CCOC(COCCOS(C)(=O)=O)OCCOS(C)(=O)=O. The average Bonchev–Trinajstić information content (AvgIpc) is 2.37. The molecule has 0 radical (unpaired) electrons. The normalized spacial score (nSPS) is 13.9. The van der Waals surface area contributed by atoms with Crippen molar-refractivity contribution < 1.29 is 39.4 Å². The van der Waals surface area contributed by atoms with E-state index >= 15 is 0 Å². The molecule has 11 heteroatoms. The van der Waals surface area contributed by atoms with Gasteiger partial charge in [0.15, 0.2) is 6.29 Å². The van der Waals surface area contributed by atoms with E-state index < -0.39 is 26.5 Å². The van der Waals surface area contributed by atoms with Crippen LogP contribution in [0.5, 0.6) is 0 Å². The van der Waals surface area contributed by atoms with Gasteiger partial charge in [0.05, 0.1) is 52.2 Å². The molecule has 0 heterocycles. The summed E-state index contributed by atoms with van der Waals surface area (Å²) in [5.41, 5.74) is 0. The fraction of sp³-hybridized carbons (Fsp3) is 0.818. The lowest BCUT2D eigenvalue weighted by Gasteiger charge is -2.17. The molecule has 0 amide bonds. The first-order valence-corrected chi connectivity index (χ1v) is 9.88. The minimum Gasteiger partial charge on any atom is -0.374 e. The zero-order valence-electron chi connectivity index (χ0n) is 12.6. The Morgan fingerprint density at radius 2 is 1.45 bits per heavy atom. The van der Waals surface area contributed by atoms with Gasteiger partial charge in [-0.3, -0.25) is 8.37 Å². The quantitative estimate of drug-likeness (QED) is 0.174. The summed E-state index contributed by atoms with van der Waals surface area (Å²) in [6.45, 7) is 3.46. The summed E-state index contributed by atoms with van der Waals surface area (Å²) < 4.78 is 67.6. The molecular formula is C11H22O9S2. The molecule has 1 unspecified atom stereocenters.